The van der Waals surface area contributed by atoms with Crippen molar-refractivity contribution in [1.29, 1.82) is 0 Å². The lowest BCUT2D eigenvalue weighted by Gasteiger charge is -2.18. The van der Waals surface area contributed by atoms with Crippen molar-refractivity contribution >= 4 is 57.4 Å². The van der Waals surface area contributed by atoms with Crippen LogP contribution in [0.2, 0.25) is 0 Å². The number of primary amides is 1. The first kappa shape index (κ1) is 31.4. The summed E-state index contributed by atoms with van der Waals surface area (Å²) in [7, 11) is 0. The number of halogens is 2. The number of ether oxygens (including phenoxy) is 1. The van der Waals surface area contributed by atoms with Crippen LogP contribution in [0.5, 0.6) is 5.75 Å². The fourth-order valence-corrected chi connectivity index (χ4v) is 5.08. The number of rotatable bonds is 11. The minimum absolute atomic E-state index is 0.00398. The molecule has 0 radical (unpaired) electrons. The molecule has 39 heavy (non-hydrogen) atoms. The number of thioether (sulfide) groups is 2. The van der Waals surface area contributed by atoms with Gasteiger partial charge in [0.1, 0.15) is 29.5 Å². The van der Waals surface area contributed by atoms with E-state index in [4.69, 9.17) is 10.5 Å². The zero-order valence-electron chi connectivity index (χ0n) is 21.0. The van der Waals surface area contributed by atoms with Gasteiger partial charge in [0.15, 0.2) is 0 Å². The summed E-state index contributed by atoms with van der Waals surface area (Å²) in [5, 5.41) is 3.46. The predicted molar refractivity (Wildman–Crippen MR) is 142 cm³/mol. The fraction of sp³-hybridized carbons (Fsp3) is 0.280. The molecule has 2 atom stereocenters. The Morgan fingerprint density at radius 1 is 0.872 bits per heavy atom. The molecule has 0 saturated carbocycles. The molecular weight excluding hydrogens is 556 g/mol. The number of amides is 3. The van der Waals surface area contributed by atoms with Gasteiger partial charge < -0.3 is 21.1 Å². The number of hydrogen-bond acceptors (Lipinski definition) is 9. The normalized spacial score (nSPS) is 12.1. The van der Waals surface area contributed by atoms with E-state index in [2.05, 4.69) is 10.6 Å². The van der Waals surface area contributed by atoms with Crippen LogP contribution in [0.3, 0.4) is 0 Å². The zero-order chi connectivity index (χ0) is 29.3. The van der Waals surface area contributed by atoms with Crippen LogP contribution < -0.4 is 21.1 Å². The molecule has 0 fully saturated rings. The van der Waals surface area contributed by atoms with E-state index >= 15 is 0 Å². The second-order valence-corrected chi connectivity index (χ2v) is 10.1. The quantitative estimate of drug-likeness (QED) is 0.267. The van der Waals surface area contributed by atoms with Gasteiger partial charge in [-0.15, -0.1) is 0 Å². The third-order valence-electron chi connectivity index (χ3n) is 4.85. The van der Waals surface area contributed by atoms with Crippen molar-refractivity contribution in [1.82, 2.24) is 10.6 Å². The Morgan fingerprint density at radius 3 is 2.05 bits per heavy atom. The summed E-state index contributed by atoms with van der Waals surface area (Å²) in [4.78, 5) is 71.9. The van der Waals surface area contributed by atoms with Crippen molar-refractivity contribution in [2.45, 2.75) is 32.9 Å². The highest BCUT2D eigenvalue weighted by atomic mass is 32.2. The van der Waals surface area contributed by atoms with E-state index in [0.29, 0.717) is 29.6 Å². The Kier molecular flexibility index (Phi) is 11.6. The first-order valence-corrected chi connectivity index (χ1v) is 13.2. The van der Waals surface area contributed by atoms with Crippen LogP contribution in [0.25, 0.3) is 11.1 Å². The molecule has 2 aromatic carbocycles. The highest BCUT2D eigenvalue weighted by Crippen LogP contribution is 2.31. The van der Waals surface area contributed by atoms with E-state index in [0.717, 1.165) is 13.0 Å². The zero-order valence-corrected chi connectivity index (χ0v) is 22.7. The summed E-state index contributed by atoms with van der Waals surface area (Å²) in [5.74, 6) is -4.91. The molecule has 0 spiro atoms. The number of carbonyl (C=O) groups is 6. The fourth-order valence-electron chi connectivity index (χ4n) is 3.18. The van der Waals surface area contributed by atoms with Crippen molar-refractivity contribution < 1.29 is 42.3 Å². The number of benzene rings is 2. The molecule has 0 aliphatic rings. The summed E-state index contributed by atoms with van der Waals surface area (Å²) < 4.78 is 32.8. The van der Waals surface area contributed by atoms with E-state index in [9.17, 15) is 37.5 Å². The Hall–Kier alpha value is -3.78. The summed E-state index contributed by atoms with van der Waals surface area (Å²) in [5.41, 5.74) is 5.31. The van der Waals surface area contributed by atoms with Crippen LogP contribution in [-0.2, 0) is 24.0 Å². The first-order chi connectivity index (χ1) is 18.3. The molecule has 2 rings (SSSR count). The SMILES string of the molecule is CC(=O)N[C@H](CSC(=O)[C@@H](CSC(=O)c1cc(-c2ccc(F)cc2F)ccc1OC(C)=O)NC(C)=O)C(N)=O. The number of carbonyl (C=O) groups excluding carboxylic acids is 6. The summed E-state index contributed by atoms with van der Waals surface area (Å²) in [6.07, 6.45) is 0. The molecule has 0 heterocycles. The molecule has 2 aromatic rings. The van der Waals surface area contributed by atoms with Crippen molar-refractivity contribution in [2.24, 2.45) is 5.73 Å². The van der Waals surface area contributed by atoms with E-state index in [1.807, 2.05) is 0 Å². The maximum Gasteiger partial charge on any atom is 0.308 e. The average Bonchev–Trinajstić information content (AvgIpc) is 2.83. The van der Waals surface area contributed by atoms with E-state index in [-0.39, 0.29) is 33.9 Å². The Bertz CT molecular complexity index is 1310. The lowest BCUT2D eigenvalue weighted by molar-refractivity contribution is -0.132. The van der Waals surface area contributed by atoms with Gasteiger partial charge in [-0.1, -0.05) is 29.6 Å². The van der Waals surface area contributed by atoms with Gasteiger partial charge in [-0.25, -0.2) is 8.78 Å². The van der Waals surface area contributed by atoms with Crippen molar-refractivity contribution in [2.75, 3.05) is 11.5 Å². The molecule has 0 bridgehead atoms. The lowest BCUT2D eigenvalue weighted by Crippen LogP contribution is -2.46. The minimum atomic E-state index is -1.18. The molecule has 0 aromatic heterocycles. The second-order valence-electron chi connectivity index (χ2n) is 8.07. The average molecular weight is 582 g/mol. The standard InChI is InChI=1S/C25H25F2N3O7S2/c1-12(31)29-20(23(28)34)10-39-25(36)21(30-13(2)32)11-38-24(35)18-8-15(4-7-22(18)37-14(3)33)17-6-5-16(26)9-19(17)27/h4-9,20-21H,10-11H2,1-3H3,(H2,28,34)(H,29,31)(H,30,32)/t20-,21-/m1/s1. The molecule has 0 saturated heterocycles. The van der Waals surface area contributed by atoms with Crippen LogP contribution in [0.1, 0.15) is 31.1 Å². The van der Waals surface area contributed by atoms with Crippen LogP contribution in [-0.4, -0.2) is 57.5 Å². The van der Waals surface area contributed by atoms with Gasteiger partial charge in [-0.05, 0) is 29.8 Å². The van der Waals surface area contributed by atoms with Crippen LogP contribution in [0, 0.1) is 11.6 Å². The predicted octanol–water partition coefficient (Wildman–Crippen LogP) is 2.18. The highest BCUT2D eigenvalue weighted by Gasteiger charge is 2.26. The van der Waals surface area contributed by atoms with Crippen molar-refractivity contribution in [3.8, 4) is 16.9 Å². The molecule has 208 valence electrons. The van der Waals surface area contributed by atoms with Crippen molar-refractivity contribution in [3.05, 3.63) is 53.6 Å². The van der Waals surface area contributed by atoms with Gasteiger partial charge in [0.25, 0.3) is 0 Å². The molecule has 10 nitrogen and oxygen atoms in total. The molecule has 14 heteroatoms. The minimum Gasteiger partial charge on any atom is -0.426 e. The third kappa shape index (κ3) is 9.80. The first-order valence-electron chi connectivity index (χ1n) is 11.2. The lowest BCUT2D eigenvalue weighted by atomic mass is 10.0. The highest BCUT2D eigenvalue weighted by molar-refractivity contribution is 8.15. The monoisotopic (exact) mass is 581 g/mol. The van der Waals surface area contributed by atoms with Gasteiger partial charge in [-0.2, -0.15) is 0 Å². The molecule has 0 aliphatic carbocycles. The topological polar surface area (TPSA) is 162 Å². The summed E-state index contributed by atoms with van der Waals surface area (Å²) in [6.45, 7) is 3.47. The Morgan fingerprint density at radius 2 is 1.49 bits per heavy atom. The summed E-state index contributed by atoms with van der Waals surface area (Å²) >= 11 is 1.25. The molecular formula is C25H25F2N3O7S2. The number of nitrogens with one attached hydrogen (secondary N) is 2. The van der Waals surface area contributed by atoms with Crippen LogP contribution in [0.15, 0.2) is 36.4 Å². The maximum atomic E-state index is 14.3. The molecule has 0 unspecified atom stereocenters. The second kappa shape index (κ2) is 14.4. The smallest absolute Gasteiger partial charge is 0.308 e. The Balaban J connectivity index is 2.26. The largest absolute Gasteiger partial charge is 0.426 e. The van der Waals surface area contributed by atoms with E-state index in [1.54, 1.807) is 0 Å². The van der Waals surface area contributed by atoms with Gasteiger partial charge >= 0.3 is 5.97 Å². The summed E-state index contributed by atoms with van der Waals surface area (Å²) in [6, 6.07) is 4.54. The van der Waals surface area contributed by atoms with Gasteiger partial charge in [0.05, 0.1) is 5.56 Å². The Labute approximate surface area is 230 Å². The van der Waals surface area contributed by atoms with Crippen LogP contribution >= 0.6 is 23.5 Å². The number of nitrogens with two attached hydrogens (primary N) is 1. The third-order valence-corrected chi connectivity index (χ3v) is 6.90. The number of esters is 1. The number of hydrogen-bond donors (Lipinski definition) is 3. The maximum absolute atomic E-state index is 14.3. The molecule has 0 aliphatic heterocycles. The molecule has 4 N–H and O–H groups in total. The molecule has 3 amide bonds. The van der Waals surface area contributed by atoms with E-state index < -0.39 is 57.6 Å². The van der Waals surface area contributed by atoms with Gasteiger partial charge in [0, 0.05) is 43.9 Å². The van der Waals surface area contributed by atoms with E-state index in [1.165, 1.54) is 38.1 Å². The van der Waals surface area contributed by atoms with Crippen LogP contribution in [0.4, 0.5) is 8.78 Å². The van der Waals surface area contributed by atoms with Gasteiger partial charge in [0.2, 0.25) is 28.0 Å². The van der Waals surface area contributed by atoms with Gasteiger partial charge in [-0.3, -0.25) is 28.8 Å². The van der Waals surface area contributed by atoms with Crippen molar-refractivity contribution in [3.63, 3.8) is 0 Å².